The summed E-state index contributed by atoms with van der Waals surface area (Å²) in [7, 11) is 2.79. The van der Waals surface area contributed by atoms with E-state index >= 15 is 0 Å². The number of benzene rings is 2. The van der Waals surface area contributed by atoms with E-state index in [2.05, 4.69) is 10.3 Å². The molecule has 0 unspecified atom stereocenters. The number of rotatable bonds is 7. The summed E-state index contributed by atoms with van der Waals surface area (Å²) in [5.74, 6) is -0.951. The average molecular weight is 542 g/mol. The Labute approximate surface area is 231 Å². The van der Waals surface area contributed by atoms with Crippen LogP contribution in [-0.4, -0.2) is 47.5 Å². The molecule has 1 atom stereocenters. The number of carbonyl (C=O) groups excluding carboxylic acids is 3. The molecular weight excluding hydrogens is 510 g/mol. The highest BCUT2D eigenvalue weighted by molar-refractivity contribution is 6.03. The van der Waals surface area contributed by atoms with Gasteiger partial charge >= 0.3 is 5.97 Å². The first-order valence-electron chi connectivity index (χ1n) is 13.0. The highest BCUT2D eigenvalue weighted by Gasteiger charge is 2.35. The number of ketones is 1. The van der Waals surface area contributed by atoms with Crippen molar-refractivity contribution in [3.8, 4) is 11.4 Å². The lowest BCUT2D eigenvalue weighted by atomic mass is 9.75. The van der Waals surface area contributed by atoms with Gasteiger partial charge in [0.25, 0.3) is 11.5 Å². The molecule has 1 amide bonds. The van der Waals surface area contributed by atoms with Crippen LogP contribution in [0.1, 0.15) is 52.2 Å². The van der Waals surface area contributed by atoms with Crippen molar-refractivity contribution in [2.45, 2.75) is 39.2 Å². The Hall–Kier alpha value is -4.66. The predicted octanol–water partition coefficient (Wildman–Crippen LogP) is 4.00. The van der Waals surface area contributed by atoms with Gasteiger partial charge in [0.1, 0.15) is 17.4 Å². The molecule has 2 aromatic carbocycles. The van der Waals surface area contributed by atoms with E-state index in [0.29, 0.717) is 29.1 Å². The largest absolute Gasteiger partial charge is 0.497 e. The first-order valence-corrected chi connectivity index (χ1v) is 13.0. The van der Waals surface area contributed by atoms with Crippen molar-refractivity contribution in [1.29, 1.82) is 0 Å². The second-order valence-corrected chi connectivity index (χ2v) is 10.8. The number of para-hydroxylation sites is 1. The molecule has 2 N–H and O–H groups in total. The molecule has 0 aliphatic heterocycles. The summed E-state index contributed by atoms with van der Waals surface area (Å²) in [4.78, 5) is 56.7. The van der Waals surface area contributed by atoms with Crippen LogP contribution in [0.25, 0.3) is 16.6 Å². The number of amides is 1. The minimum Gasteiger partial charge on any atom is -0.497 e. The number of methoxy groups -OCH3 is 2. The number of H-pyrrole nitrogens is 1. The monoisotopic (exact) mass is 541 g/mol. The van der Waals surface area contributed by atoms with E-state index in [-0.39, 0.29) is 29.6 Å². The Kier molecular flexibility index (Phi) is 7.06. The zero-order valence-electron chi connectivity index (χ0n) is 22.9. The summed E-state index contributed by atoms with van der Waals surface area (Å²) in [6, 6.07) is 14.8. The van der Waals surface area contributed by atoms with Crippen LogP contribution in [-0.2, 0) is 22.4 Å². The molecule has 0 saturated heterocycles. The van der Waals surface area contributed by atoms with Crippen LogP contribution in [0.2, 0.25) is 0 Å². The average Bonchev–Trinajstić information content (AvgIpc) is 3.34. The normalized spacial score (nSPS) is 14.8. The number of carbonyl (C=O) groups is 3. The van der Waals surface area contributed by atoms with Gasteiger partial charge in [0.05, 0.1) is 14.2 Å². The molecule has 1 aliphatic carbocycles. The number of pyridine rings is 1. The first kappa shape index (κ1) is 26.9. The molecule has 9 heteroatoms. The molecule has 0 saturated carbocycles. The summed E-state index contributed by atoms with van der Waals surface area (Å²) in [6.45, 7) is 3.95. The van der Waals surface area contributed by atoms with Gasteiger partial charge in [0.2, 0.25) is 0 Å². The maximum atomic E-state index is 13.9. The van der Waals surface area contributed by atoms with E-state index in [1.165, 1.54) is 17.7 Å². The van der Waals surface area contributed by atoms with Gasteiger partial charge < -0.3 is 19.8 Å². The minimum absolute atomic E-state index is 0.146. The van der Waals surface area contributed by atoms with Gasteiger partial charge in [-0.3, -0.25) is 19.0 Å². The Bertz CT molecular complexity index is 1680. The zero-order valence-corrected chi connectivity index (χ0v) is 22.9. The SMILES string of the molecule is COC(=O)[C@@H](Cc1c[nH]c2ccccc12)NC(=O)c1cc2c(n(-c3ccc(OC)cc3)c1=O)CC(C)(C)CC2=O. The van der Waals surface area contributed by atoms with Crippen LogP contribution in [0.3, 0.4) is 0 Å². The second kappa shape index (κ2) is 10.5. The van der Waals surface area contributed by atoms with Crippen LogP contribution in [0.15, 0.2) is 65.6 Å². The molecule has 0 bridgehead atoms. The third-order valence-corrected chi connectivity index (χ3v) is 7.35. The number of hydrogen-bond acceptors (Lipinski definition) is 6. The van der Waals surface area contributed by atoms with E-state index < -0.39 is 23.5 Å². The maximum Gasteiger partial charge on any atom is 0.328 e. The van der Waals surface area contributed by atoms with Gasteiger partial charge in [0, 0.05) is 46.9 Å². The number of nitrogens with zero attached hydrogens (tertiary/aromatic N) is 1. The minimum atomic E-state index is -1.06. The third-order valence-electron chi connectivity index (χ3n) is 7.35. The number of esters is 1. The number of nitrogens with one attached hydrogen (secondary N) is 2. The van der Waals surface area contributed by atoms with Crippen molar-refractivity contribution in [3.63, 3.8) is 0 Å². The number of Topliss-reactive ketones (excluding diaryl/α,β-unsaturated/α-hetero) is 1. The molecule has 9 nitrogen and oxygen atoms in total. The molecule has 2 aromatic heterocycles. The van der Waals surface area contributed by atoms with Gasteiger partial charge in [-0.2, -0.15) is 0 Å². The third kappa shape index (κ3) is 5.02. The lowest BCUT2D eigenvalue weighted by Gasteiger charge is -2.32. The lowest BCUT2D eigenvalue weighted by Crippen LogP contribution is -2.46. The van der Waals surface area contributed by atoms with Crippen LogP contribution in [0.5, 0.6) is 5.75 Å². The Morgan fingerprint density at radius 2 is 1.77 bits per heavy atom. The predicted molar refractivity (Wildman–Crippen MR) is 150 cm³/mol. The summed E-state index contributed by atoms with van der Waals surface area (Å²) in [5, 5.41) is 3.60. The van der Waals surface area contributed by atoms with Crippen molar-refractivity contribution in [2.24, 2.45) is 5.41 Å². The molecule has 4 aromatic rings. The Morgan fingerprint density at radius 1 is 1.05 bits per heavy atom. The summed E-state index contributed by atoms with van der Waals surface area (Å²) < 4.78 is 11.7. The van der Waals surface area contributed by atoms with Gasteiger partial charge in [0.15, 0.2) is 5.78 Å². The van der Waals surface area contributed by atoms with E-state index in [4.69, 9.17) is 9.47 Å². The number of hydrogen-bond donors (Lipinski definition) is 2. The van der Waals surface area contributed by atoms with Crippen molar-refractivity contribution in [3.05, 3.63) is 93.5 Å². The van der Waals surface area contributed by atoms with E-state index in [1.54, 1.807) is 37.6 Å². The van der Waals surface area contributed by atoms with Gasteiger partial charge in [-0.25, -0.2) is 4.79 Å². The van der Waals surface area contributed by atoms with Crippen molar-refractivity contribution in [1.82, 2.24) is 14.9 Å². The molecule has 5 rings (SSSR count). The summed E-state index contributed by atoms with van der Waals surface area (Å²) in [5.41, 5.74) is 1.92. The fourth-order valence-corrected chi connectivity index (χ4v) is 5.37. The summed E-state index contributed by atoms with van der Waals surface area (Å²) >= 11 is 0. The van der Waals surface area contributed by atoms with Crippen LogP contribution in [0.4, 0.5) is 0 Å². The van der Waals surface area contributed by atoms with Gasteiger partial charge in [-0.1, -0.05) is 32.0 Å². The smallest absolute Gasteiger partial charge is 0.328 e. The van der Waals surface area contributed by atoms with E-state index in [0.717, 1.165) is 16.5 Å². The van der Waals surface area contributed by atoms with Crippen molar-refractivity contribution in [2.75, 3.05) is 14.2 Å². The second-order valence-electron chi connectivity index (χ2n) is 10.8. The molecule has 206 valence electrons. The highest BCUT2D eigenvalue weighted by atomic mass is 16.5. The van der Waals surface area contributed by atoms with Crippen LogP contribution in [0, 0.1) is 5.41 Å². The fraction of sp³-hybridized carbons (Fsp3) is 0.290. The molecule has 40 heavy (non-hydrogen) atoms. The number of aromatic amines is 1. The van der Waals surface area contributed by atoms with Crippen molar-refractivity contribution >= 4 is 28.6 Å². The zero-order chi connectivity index (χ0) is 28.6. The molecule has 0 fully saturated rings. The Morgan fingerprint density at radius 3 is 2.48 bits per heavy atom. The molecule has 2 heterocycles. The number of ether oxygens (including phenoxy) is 2. The van der Waals surface area contributed by atoms with Gasteiger partial charge in [-0.05, 0) is 53.8 Å². The topological polar surface area (TPSA) is 119 Å². The number of aromatic nitrogens is 2. The standard InChI is InChI=1S/C31H31N3O6/c1-31(2)15-26-22(27(35)16-31)14-23(29(37)34(26)19-9-11-20(39-3)12-10-19)28(36)33-25(30(38)40-4)13-18-17-32-24-8-6-5-7-21(18)24/h5-12,14,17,25,32H,13,15-16H2,1-4H3,(H,33,36)/t25-/m1/s1. The highest BCUT2D eigenvalue weighted by Crippen LogP contribution is 2.35. The molecule has 1 aliphatic rings. The molecule has 0 spiro atoms. The summed E-state index contributed by atoms with van der Waals surface area (Å²) in [6.07, 6.45) is 2.69. The van der Waals surface area contributed by atoms with Crippen LogP contribution < -0.4 is 15.6 Å². The Balaban J connectivity index is 1.57. The first-order chi connectivity index (χ1) is 19.1. The van der Waals surface area contributed by atoms with Gasteiger partial charge in [-0.15, -0.1) is 0 Å². The quantitative estimate of drug-likeness (QED) is 0.342. The fourth-order valence-electron chi connectivity index (χ4n) is 5.37. The van der Waals surface area contributed by atoms with Crippen LogP contribution >= 0.6 is 0 Å². The number of fused-ring (bicyclic) bond motifs is 2. The van der Waals surface area contributed by atoms with Crippen molar-refractivity contribution < 1.29 is 23.9 Å². The maximum absolute atomic E-state index is 13.9. The molecule has 0 radical (unpaired) electrons. The lowest BCUT2D eigenvalue weighted by molar-refractivity contribution is -0.142. The van der Waals surface area contributed by atoms with E-state index in [1.807, 2.05) is 38.1 Å². The van der Waals surface area contributed by atoms with E-state index in [9.17, 15) is 19.2 Å². The molecular formula is C31H31N3O6.